The van der Waals surface area contributed by atoms with Crippen LogP contribution in [0.1, 0.15) is 22.6 Å². The largest absolute Gasteiger partial charge is 0.416 e. The summed E-state index contributed by atoms with van der Waals surface area (Å²) in [5.41, 5.74) is 2.18. The molecule has 0 aliphatic carbocycles. The van der Waals surface area contributed by atoms with Gasteiger partial charge in [0.15, 0.2) is 11.5 Å². The average Bonchev–Trinajstić information content (AvgIpc) is 3.22. The molecular weight excluding hydrogens is 373 g/mol. The zero-order valence-electron chi connectivity index (χ0n) is 14.9. The molecule has 144 valence electrons. The Morgan fingerprint density at radius 3 is 2.71 bits per heavy atom. The van der Waals surface area contributed by atoms with Crippen molar-refractivity contribution in [1.29, 1.82) is 0 Å². The summed E-state index contributed by atoms with van der Waals surface area (Å²) >= 11 is 0. The molecule has 0 bridgehead atoms. The lowest BCUT2D eigenvalue weighted by atomic mass is 10.1. The van der Waals surface area contributed by atoms with Crippen LogP contribution in [-0.2, 0) is 12.7 Å². The Hall–Kier alpha value is -3.43. The minimum absolute atomic E-state index is 0.162. The molecule has 0 atom stereocenters. The molecule has 0 saturated carbocycles. The highest BCUT2D eigenvalue weighted by Crippen LogP contribution is 2.30. The minimum atomic E-state index is -4.38. The van der Waals surface area contributed by atoms with Crippen molar-refractivity contribution in [2.45, 2.75) is 26.6 Å². The van der Waals surface area contributed by atoms with E-state index < -0.39 is 11.7 Å². The van der Waals surface area contributed by atoms with Crippen molar-refractivity contribution < 1.29 is 17.7 Å². The van der Waals surface area contributed by atoms with Gasteiger partial charge in [0, 0.05) is 6.54 Å². The van der Waals surface area contributed by atoms with Gasteiger partial charge in [0.1, 0.15) is 23.4 Å². The highest BCUT2D eigenvalue weighted by Gasteiger charge is 2.30. The second-order valence-electron chi connectivity index (χ2n) is 6.26. The maximum atomic E-state index is 12.9. The van der Waals surface area contributed by atoms with Crippen LogP contribution < -0.4 is 5.32 Å². The van der Waals surface area contributed by atoms with E-state index in [9.17, 15) is 13.2 Å². The molecule has 0 fully saturated rings. The number of hydrogen-bond donors (Lipinski definition) is 2. The van der Waals surface area contributed by atoms with Crippen molar-refractivity contribution in [2.24, 2.45) is 0 Å². The predicted molar refractivity (Wildman–Crippen MR) is 95.4 cm³/mol. The van der Waals surface area contributed by atoms with Gasteiger partial charge in [-0.3, -0.25) is 0 Å². The summed E-state index contributed by atoms with van der Waals surface area (Å²) in [6.45, 7) is 3.74. The Morgan fingerprint density at radius 1 is 1.18 bits per heavy atom. The minimum Gasteiger partial charge on any atom is -0.364 e. The maximum absolute atomic E-state index is 12.9. The highest BCUT2D eigenvalue weighted by atomic mass is 19.4. The lowest BCUT2D eigenvalue weighted by molar-refractivity contribution is -0.137. The topological polar surface area (TPSA) is 92.5 Å². The lowest BCUT2D eigenvalue weighted by Gasteiger charge is -2.10. The molecule has 0 aliphatic rings. The molecule has 0 unspecified atom stereocenters. The van der Waals surface area contributed by atoms with Gasteiger partial charge in [-0.1, -0.05) is 17.3 Å². The molecule has 2 N–H and O–H groups in total. The molecule has 7 nitrogen and oxygen atoms in total. The molecule has 0 amide bonds. The molecule has 0 aliphatic heterocycles. The maximum Gasteiger partial charge on any atom is 0.416 e. The first-order chi connectivity index (χ1) is 13.3. The Morgan fingerprint density at radius 2 is 2.00 bits per heavy atom. The van der Waals surface area contributed by atoms with Crippen molar-refractivity contribution in [2.75, 3.05) is 5.32 Å². The van der Waals surface area contributed by atoms with Crippen LogP contribution in [0, 0.1) is 13.8 Å². The average molecular weight is 388 g/mol. The van der Waals surface area contributed by atoms with Gasteiger partial charge in [-0.2, -0.15) is 13.2 Å². The van der Waals surface area contributed by atoms with Crippen molar-refractivity contribution >= 4 is 17.0 Å². The van der Waals surface area contributed by atoms with Gasteiger partial charge in [0.2, 0.25) is 0 Å². The van der Waals surface area contributed by atoms with Crippen LogP contribution in [0.4, 0.5) is 19.0 Å². The van der Waals surface area contributed by atoms with E-state index in [-0.39, 0.29) is 6.54 Å². The number of nitrogens with one attached hydrogen (secondary N) is 2. The van der Waals surface area contributed by atoms with E-state index in [1.54, 1.807) is 19.9 Å². The first-order valence-electron chi connectivity index (χ1n) is 8.37. The molecule has 4 aromatic rings. The van der Waals surface area contributed by atoms with Gasteiger partial charge in [-0.15, -0.1) is 0 Å². The first-order valence-corrected chi connectivity index (χ1v) is 8.37. The smallest absolute Gasteiger partial charge is 0.364 e. The predicted octanol–water partition coefficient (Wildman–Crippen LogP) is 4.26. The van der Waals surface area contributed by atoms with Gasteiger partial charge in [0.25, 0.3) is 0 Å². The summed E-state index contributed by atoms with van der Waals surface area (Å²) in [5, 5.41) is 6.95. The molecule has 1 aromatic carbocycles. The molecule has 3 heterocycles. The molecule has 10 heteroatoms. The summed E-state index contributed by atoms with van der Waals surface area (Å²) in [4.78, 5) is 15.9. The van der Waals surface area contributed by atoms with Crippen LogP contribution in [0.25, 0.3) is 22.6 Å². The fourth-order valence-corrected chi connectivity index (χ4v) is 2.95. The SMILES string of the molecule is Cc1noc(C)c1-c1nc2ncnc(NCc3cccc(C(F)(F)F)c3)c2[nH]1. The monoisotopic (exact) mass is 388 g/mol. The van der Waals surface area contributed by atoms with E-state index in [1.165, 1.54) is 12.4 Å². The number of benzene rings is 1. The lowest BCUT2D eigenvalue weighted by Crippen LogP contribution is -2.07. The summed E-state index contributed by atoms with van der Waals surface area (Å²) in [7, 11) is 0. The number of alkyl halides is 3. The Kier molecular flexibility index (Phi) is 4.25. The normalized spacial score (nSPS) is 11.9. The number of nitrogens with zero attached hydrogens (tertiary/aromatic N) is 4. The zero-order chi connectivity index (χ0) is 19.9. The molecule has 3 aromatic heterocycles. The number of aryl methyl sites for hydroxylation is 2. The summed E-state index contributed by atoms with van der Waals surface area (Å²) in [6.07, 6.45) is -3.04. The van der Waals surface area contributed by atoms with Crippen LogP contribution in [0.15, 0.2) is 35.1 Å². The van der Waals surface area contributed by atoms with Gasteiger partial charge in [-0.05, 0) is 31.5 Å². The fraction of sp³-hybridized carbons (Fsp3) is 0.222. The van der Waals surface area contributed by atoms with Gasteiger partial charge >= 0.3 is 6.18 Å². The van der Waals surface area contributed by atoms with Crippen molar-refractivity contribution in [3.8, 4) is 11.4 Å². The van der Waals surface area contributed by atoms with Crippen LogP contribution in [0.3, 0.4) is 0 Å². The Balaban J connectivity index is 1.63. The standard InChI is InChI=1S/C18H15F3N6O/c1-9-13(10(2)28-27-9)15-25-14-16(23-8-24-17(14)26-15)22-7-11-4-3-5-12(6-11)18(19,20)21/h3-6,8H,7H2,1-2H3,(H2,22,23,24,25,26). The molecule has 4 rings (SSSR count). The number of anilines is 1. The number of H-pyrrole nitrogens is 1. The molecule has 28 heavy (non-hydrogen) atoms. The molecule has 0 radical (unpaired) electrons. The van der Waals surface area contributed by atoms with Crippen LogP contribution in [0.5, 0.6) is 0 Å². The Bertz CT molecular complexity index is 1130. The summed E-state index contributed by atoms with van der Waals surface area (Å²) in [6, 6.07) is 5.13. The number of imidazole rings is 1. The van der Waals surface area contributed by atoms with E-state index in [4.69, 9.17) is 4.52 Å². The zero-order valence-corrected chi connectivity index (χ0v) is 14.9. The third kappa shape index (κ3) is 3.28. The third-order valence-electron chi connectivity index (χ3n) is 4.27. The van der Waals surface area contributed by atoms with Crippen LogP contribution in [0.2, 0.25) is 0 Å². The molecular formula is C18H15F3N6O. The number of aromatic nitrogens is 5. The number of aromatic amines is 1. The second kappa shape index (κ2) is 6.63. The van der Waals surface area contributed by atoms with Gasteiger partial charge in [0.05, 0.1) is 16.8 Å². The van der Waals surface area contributed by atoms with E-state index in [0.29, 0.717) is 39.8 Å². The van der Waals surface area contributed by atoms with Crippen LogP contribution >= 0.6 is 0 Å². The van der Waals surface area contributed by atoms with Crippen molar-refractivity contribution in [1.82, 2.24) is 25.1 Å². The van der Waals surface area contributed by atoms with E-state index in [1.807, 2.05) is 0 Å². The Labute approximate surface area is 157 Å². The number of hydrogen-bond acceptors (Lipinski definition) is 6. The van der Waals surface area contributed by atoms with E-state index in [2.05, 4.69) is 30.4 Å². The van der Waals surface area contributed by atoms with Gasteiger partial charge in [-0.25, -0.2) is 15.0 Å². The van der Waals surface area contributed by atoms with E-state index in [0.717, 1.165) is 17.7 Å². The van der Waals surface area contributed by atoms with E-state index >= 15 is 0 Å². The van der Waals surface area contributed by atoms with Gasteiger partial charge < -0.3 is 14.8 Å². The number of fused-ring (bicyclic) bond motifs is 1. The number of halogens is 3. The quantitative estimate of drug-likeness (QED) is 0.543. The summed E-state index contributed by atoms with van der Waals surface area (Å²) in [5.74, 6) is 1.59. The third-order valence-corrected chi connectivity index (χ3v) is 4.27. The first kappa shape index (κ1) is 18.0. The van der Waals surface area contributed by atoms with Crippen LogP contribution in [-0.4, -0.2) is 25.1 Å². The summed E-state index contributed by atoms with van der Waals surface area (Å²) < 4.78 is 43.8. The molecule has 0 saturated heterocycles. The fourth-order valence-electron chi connectivity index (χ4n) is 2.95. The highest BCUT2D eigenvalue weighted by molar-refractivity contribution is 5.85. The van der Waals surface area contributed by atoms with Crippen molar-refractivity contribution in [3.63, 3.8) is 0 Å². The number of rotatable bonds is 4. The second-order valence-corrected chi connectivity index (χ2v) is 6.26. The van der Waals surface area contributed by atoms with Crippen molar-refractivity contribution in [3.05, 3.63) is 53.2 Å². The molecule has 0 spiro atoms.